The van der Waals surface area contributed by atoms with Crippen LogP contribution in [-0.2, 0) is 21.2 Å². The van der Waals surface area contributed by atoms with Crippen molar-refractivity contribution in [3.63, 3.8) is 0 Å². The van der Waals surface area contributed by atoms with Gasteiger partial charge in [0.2, 0.25) is 15.9 Å². The molecule has 1 amide bonds. The lowest BCUT2D eigenvalue weighted by Crippen LogP contribution is -2.32. The molecule has 1 saturated carbocycles. The van der Waals surface area contributed by atoms with Gasteiger partial charge in [0.1, 0.15) is 0 Å². The molecule has 1 aromatic carbocycles. The van der Waals surface area contributed by atoms with E-state index in [2.05, 4.69) is 5.32 Å². The Morgan fingerprint density at radius 1 is 1.33 bits per heavy atom. The Kier molecular flexibility index (Phi) is 5.00. The zero-order valence-corrected chi connectivity index (χ0v) is 13.0. The molecule has 0 heterocycles. The van der Waals surface area contributed by atoms with Crippen LogP contribution in [0.15, 0.2) is 29.2 Å². The Balaban J connectivity index is 1.77. The monoisotopic (exact) mass is 310 g/mol. The van der Waals surface area contributed by atoms with Crippen molar-refractivity contribution in [2.75, 3.05) is 0 Å². The third-order valence-corrected chi connectivity index (χ3v) is 4.61. The molecule has 3 N–H and O–H groups in total. The molecule has 5 nitrogen and oxygen atoms in total. The van der Waals surface area contributed by atoms with Crippen molar-refractivity contribution >= 4 is 15.9 Å². The summed E-state index contributed by atoms with van der Waals surface area (Å²) in [6.45, 7) is 2.04. The third-order valence-electron chi connectivity index (χ3n) is 3.68. The summed E-state index contributed by atoms with van der Waals surface area (Å²) in [5.74, 6) is 0.838. The topological polar surface area (TPSA) is 89.3 Å². The van der Waals surface area contributed by atoms with Crippen LogP contribution in [0.3, 0.4) is 0 Å². The van der Waals surface area contributed by atoms with Crippen LogP contribution in [0.4, 0.5) is 0 Å². The molecular weight excluding hydrogens is 288 g/mol. The van der Waals surface area contributed by atoms with Crippen LogP contribution in [-0.4, -0.2) is 20.4 Å². The van der Waals surface area contributed by atoms with Gasteiger partial charge in [0.15, 0.2) is 0 Å². The minimum absolute atomic E-state index is 0.0404. The number of carbonyl (C=O) groups excluding carboxylic acids is 1. The summed E-state index contributed by atoms with van der Waals surface area (Å²) in [5.41, 5.74) is 0.924. The lowest BCUT2D eigenvalue weighted by atomic mass is 10.1. The Morgan fingerprint density at radius 3 is 2.48 bits per heavy atom. The smallest absolute Gasteiger partial charge is 0.238 e. The molecule has 1 atom stereocenters. The number of nitrogens with one attached hydrogen (secondary N) is 1. The number of aryl methyl sites for hydroxylation is 1. The van der Waals surface area contributed by atoms with Gasteiger partial charge in [-0.05, 0) is 43.4 Å². The molecule has 2 rings (SSSR count). The van der Waals surface area contributed by atoms with Gasteiger partial charge in [-0.15, -0.1) is 0 Å². The second kappa shape index (κ2) is 6.58. The van der Waals surface area contributed by atoms with Crippen molar-refractivity contribution in [2.45, 2.75) is 50.0 Å². The molecule has 6 heteroatoms. The third kappa shape index (κ3) is 5.47. The van der Waals surface area contributed by atoms with Gasteiger partial charge in [0, 0.05) is 12.5 Å². The lowest BCUT2D eigenvalue weighted by molar-refractivity contribution is -0.121. The molecule has 0 radical (unpaired) electrons. The highest BCUT2D eigenvalue weighted by Gasteiger charge is 2.24. The average molecular weight is 310 g/mol. The Morgan fingerprint density at radius 2 is 1.95 bits per heavy atom. The molecule has 0 bridgehead atoms. The molecule has 0 aromatic heterocycles. The zero-order chi connectivity index (χ0) is 15.5. The first-order chi connectivity index (χ1) is 9.84. The molecule has 1 aliphatic carbocycles. The largest absolute Gasteiger partial charge is 0.354 e. The summed E-state index contributed by atoms with van der Waals surface area (Å²) in [5, 5.41) is 8.04. The highest BCUT2D eigenvalue weighted by molar-refractivity contribution is 7.89. The number of hydrogen-bond donors (Lipinski definition) is 2. The van der Waals surface area contributed by atoms with Gasteiger partial charge >= 0.3 is 0 Å². The first-order valence-corrected chi connectivity index (χ1v) is 8.80. The zero-order valence-electron chi connectivity index (χ0n) is 12.2. The maximum atomic E-state index is 11.8. The normalized spacial score (nSPS) is 16.5. The van der Waals surface area contributed by atoms with Gasteiger partial charge < -0.3 is 5.32 Å². The Hall–Kier alpha value is -1.40. The molecule has 1 aliphatic rings. The number of carbonyl (C=O) groups is 1. The maximum absolute atomic E-state index is 11.8. The predicted molar refractivity (Wildman–Crippen MR) is 81.1 cm³/mol. The van der Waals surface area contributed by atoms with E-state index in [1.165, 1.54) is 25.0 Å². The number of hydrogen-bond acceptors (Lipinski definition) is 3. The average Bonchev–Trinajstić information content (AvgIpc) is 3.19. The molecule has 1 unspecified atom stereocenters. The molecule has 116 valence electrons. The van der Waals surface area contributed by atoms with Crippen LogP contribution in [0.5, 0.6) is 0 Å². The number of sulfonamides is 1. The van der Waals surface area contributed by atoms with Gasteiger partial charge in [0.05, 0.1) is 4.90 Å². The van der Waals surface area contributed by atoms with Crippen molar-refractivity contribution in [1.29, 1.82) is 0 Å². The highest BCUT2D eigenvalue weighted by atomic mass is 32.2. The fourth-order valence-electron chi connectivity index (χ4n) is 2.36. The molecule has 0 spiro atoms. The summed E-state index contributed by atoms with van der Waals surface area (Å²) >= 11 is 0. The summed E-state index contributed by atoms with van der Waals surface area (Å²) in [4.78, 5) is 11.9. The van der Waals surface area contributed by atoms with E-state index >= 15 is 0 Å². The number of benzene rings is 1. The standard InChI is InChI=1S/C15H22N2O3S/c1-11(10-13-2-3-13)17-15(18)9-6-12-4-7-14(8-5-12)21(16,19)20/h4-5,7-8,11,13H,2-3,6,9-10H2,1H3,(H,17,18)(H2,16,19,20). The number of primary sulfonamides is 1. The number of nitrogens with two attached hydrogens (primary N) is 1. The summed E-state index contributed by atoms with van der Waals surface area (Å²) < 4.78 is 22.3. The quantitative estimate of drug-likeness (QED) is 0.801. The van der Waals surface area contributed by atoms with E-state index in [4.69, 9.17) is 5.14 Å². The van der Waals surface area contributed by atoms with Crippen molar-refractivity contribution in [2.24, 2.45) is 11.1 Å². The van der Waals surface area contributed by atoms with Gasteiger partial charge in [-0.1, -0.05) is 25.0 Å². The van der Waals surface area contributed by atoms with E-state index in [9.17, 15) is 13.2 Å². The molecule has 21 heavy (non-hydrogen) atoms. The van der Waals surface area contributed by atoms with Crippen molar-refractivity contribution < 1.29 is 13.2 Å². The first kappa shape index (κ1) is 16.0. The molecule has 1 aromatic rings. The minimum Gasteiger partial charge on any atom is -0.354 e. The second-order valence-corrected chi connectivity index (χ2v) is 7.40. The van der Waals surface area contributed by atoms with E-state index < -0.39 is 10.0 Å². The van der Waals surface area contributed by atoms with Crippen molar-refractivity contribution in [3.8, 4) is 0 Å². The van der Waals surface area contributed by atoms with Crippen LogP contribution in [0.1, 0.15) is 38.2 Å². The SMILES string of the molecule is CC(CC1CC1)NC(=O)CCc1ccc(S(N)(=O)=O)cc1. The second-order valence-electron chi connectivity index (χ2n) is 5.84. The van der Waals surface area contributed by atoms with Gasteiger partial charge in [-0.3, -0.25) is 4.79 Å². The molecule has 0 aliphatic heterocycles. The van der Waals surface area contributed by atoms with Crippen LogP contribution in [0, 0.1) is 5.92 Å². The maximum Gasteiger partial charge on any atom is 0.238 e. The van der Waals surface area contributed by atoms with Crippen molar-refractivity contribution in [1.82, 2.24) is 5.32 Å². The van der Waals surface area contributed by atoms with Gasteiger partial charge in [-0.2, -0.15) is 0 Å². The summed E-state index contributed by atoms with van der Waals surface area (Å²) in [6, 6.07) is 6.56. The van der Waals surface area contributed by atoms with E-state index in [1.54, 1.807) is 12.1 Å². The van der Waals surface area contributed by atoms with E-state index in [0.717, 1.165) is 17.9 Å². The Labute approximate surface area is 126 Å². The summed E-state index contributed by atoms with van der Waals surface area (Å²) in [6.07, 6.45) is 4.64. The van der Waals surface area contributed by atoms with Crippen molar-refractivity contribution in [3.05, 3.63) is 29.8 Å². The molecule has 0 saturated heterocycles. The van der Waals surface area contributed by atoms with Crippen LogP contribution >= 0.6 is 0 Å². The van der Waals surface area contributed by atoms with Gasteiger partial charge in [-0.25, -0.2) is 13.6 Å². The summed E-state index contributed by atoms with van der Waals surface area (Å²) in [7, 11) is -3.65. The fourth-order valence-corrected chi connectivity index (χ4v) is 2.88. The van der Waals surface area contributed by atoms with Gasteiger partial charge in [0.25, 0.3) is 0 Å². The minimum atomic E-state index is -3.65. The predicted octanol–water partition coefficient (Wildman–Crippen LogP) is 1.57. The van der Waals surface area contributed by atoms with Crippen LogP contribution < -0.4 is 10.5 Å². The van der Waals surface area contributed by atoms with E-state index in [-0.39, 0.29) is 16.8 Å². The Bertz CT molecular complexity index is 592. The lowest BCUT2D eigenvalue weighted by Gasteiger charge is -2.13. The first-order valence-electron chi connectivity index (χ1n) is 7.25. The number of amides is 1. The molecular formula is C15H22N2O3S. The highest BCUT2D eigenvalue weighted by Crippen LogP contribution is 2.33. The van der Waals surface area contributed by atoms with E-state index in [1.807, 2.05) is 6.92 Å². The molecule has 1 fully saturated rings. The fraction of sp³-hybridized carbons (Fsp3) is 0.533. The van der Waals surface area contributed by atoms with Crippen LogP contribution in [0.2, 0.25) is 0 Å². The van der Waals surface area contributed by atoms with Crippen LogP contribution in [0.25, 0.3) is 0 Å². The number of rotatable bonds is 7. The van der Waals surface area contributed by atoms with E-state index in [0.29, 0.717) is 12.8 Å².